The van der Waals surface area contributed by atoms with E-state index in [0.717, 1.165) is 29.7 Å². The quantitative estimate of drug-likeness (QED) is 0.657. The van der Waals surface area contributed by atoms with Crippen LogP contribution in [0.4, 0.5) is 5.69 Å². The molecule has 0 saturated heterocycles. The van der Waals surface area contributed by atoms with Crippen LogP contribution in [0, 0.1) is 0 Å². The van der Waals surface area contributed by atoms with Crippen molar-refractivity contribution in [2.45, 2.75) is 19.8 Å². The molecular weight excluding hydrogens is 222 g/mol. The topological polar surface area (TPSA) is 43.1 Å². The number of carbonyl (C=O) groups excluding carboxylic acids is 1. The molecular formula is C16H17NO. The van der Waals surface area contributed by atoms with Gasteiger partial charge in [0.25, 0.3) is 0 Å². The number of Topliss-reactive ketones (excluding diaryl/α,β-unsaturated/α-hetero) is 1. The lowest BCUT2D eigenvalue weighted by Crippen LogP contribution is -2.01. The number of hydrogen-bond donors (Lipinski definition) is 1. The largest absolute Gasteiger partial charge is 0.399 e. The van der Waals surface area contributed by atoms with Gasteiger partial charge in [0.15, 0.2) is 5.78 Å². The van der Waals surface area contributed by atoms with Crippen LogP contribution >= 0.6 is 0 Å². The highest BCUT2D eigenvalue weighted by Gasteiger charge is 2.06. The maximum absolute atomic E-state index is 11.5. The van der Waals surface area contributed by atoms with Gasteiger partial charge in [0.2, 0.25) is 0 Å². The molecule has 0 aliphatic heterocycles. The summed E-state index contributed by atoms with van der Waals surface area (Å²) in [5.41, 5.74) is 9.61. The summed E-state index contributed by atoms with van der Waals surface area (Å²) in [5, 5.41) is 0. The van der Waals surface area contributed by atoms with Gasteiger partial charge in [0, 0.05) is 11.3 Å². The van der Waals surface area contributed by atoms with Gasteiger partial charge in [-0.2, -0.15) is 0 Å². The zero-order valence-corrected chi connectivity index (χ0v) is 10.5. The second kappa shape index (κ2) is 5.50. The molecule has 2 heteroatoms. The fraction of sp³-hybridized carbons (Fsp3) is 0.188. The molecule has 0 heterocycles. The normalized spacial score (nSPS) is 10.3. The van der Waals surface area contributed by atoms with Crippen molar-refractivity contribution in [3.63, 3.8) is 0 Å². The number of nitrogen functional groups attached to an aromatic ring is 1. The second-order valence-corrected chi connectivity index (χ2v) is 4.45. The third-order valence-electron chi connectivity index (χ3n) is 3.06. The number of ketones is 1. The summed E-state index contributed by atoms with van der Waals surface area (Å²) in [4.78, 5) is 11.5. The first-order valence-corrected chi connectivity index (χ1v) is 6.10. The smallest absolute Gasteiger partial charge is 0.160 e. The van der Waals surface area contributed by atoms with Gasteiger partial charge in [-0.3, -0.25) is 4.79 Å². The fourth-order valence-corrected chi connectivity index (χ4v) is 2.05. The van der Waals surface area contributed by atoms with Crippen molar-refractivity contribution in [3.05, 3.63) is 65.2 Å². The molecule has 0 unspecified atom stereocenters. The Morgan fingerprint density at radius 2 is 1.67 bits per heavy atom. The summed E-state index contributed by atoms with van der Waals surface area (Å²) in [6.45, 7) is 1.61. The first-order chi connectivity index (χ1) is 8.66. The zero-order chi connectivity index (χ0) is 13.0. The van der Waals surface area contributed by atoms with Crippen LogP contribution in [-0.4, -0.2) is 5.78 Å². The minimum Gasteiger partial charge on any atom is -0.399 e. The van der Waals surface area contributed by atoms with Crippen LogP contribution in [0.1, 0.15) is 28.4 Å². The molecule has 0 amide bonds. The first-order valence-electron chi connectivity index (χ1n) is 6.10. The van der Waals surface area contributed by atoms with Crippen molar-refractivity contribution >= 4 is 11.5 Å². The maximum Gasteiger partial charge on any atom is 0.160 e. The molecule has 2 N–H and O–H groups in total. The van der Waals surface area contributed by atoms with Gasteiger partial charge in [-0.05, 0) is 43.0 Å². The summed E-state index contributed by atoms with van der Waals surface area (Å²) in [5.74, 6) is 0.128. The third kappa shape index (κ3) is 2.98. The molecule has 0 aliphatic rings. The van der Waals surface area contributed by atoms with E-state index < -0.39 is 0 Å². The van der Waals surface area contributed by atoms with Crippen molar-refractivity contribution < 1.29 is 4.79 Å². The van der Waals surface area contributed by atoms with E-state index >= 15 is 0 Å². The molecule has 0 aliphatic carbocycles. The molecule has 92 valence electrons. The lowest BCUT2D eigenvalue weighted by Gasteiger charge is -2.07. The highest BCUT2D eigenvalue weighted by molar-refractivity contribution is 5.95. The Bertz CT molecular complexity index is 543. The maximum atomic E-state index is 11.5. The summed E-state index contributed by atoms with van der Waals surface area (Å²) < 4.78 is 0. The lowest BCUT2D eigenvalue weighted by molar-refractivity contribution is 0.101. The van der Waals surface area contributed by atoms with Crippen LogP contribution in [0.2, 0.25) is 0 Å². The van der Waals surface area contributed by atoms with E-state index in [-0.39, 0.29) is 5.78 Å². The Labute approximate surface area is 107 Å². The lowest BCUT2D eigenvalue weighted by atomic mass is 9.98. The van der Waals surface area contributed by atoms with Crippen molar-refractivity contribution in [2.24, 2.45) is 0 Å². The van der Waals surface area contributed by atoms with E-state index in [1.54, 1.807) is 6.92 Å². The summed E-state index contributed by atoms with van der Waals surface area (Å²) in [6, 6.07) is 15.7. The van der Waals surface area contributed by atoms with Crippen molar-refractivity contribution in [2.75, 3.05) is 5.73 Å². The van der Waals surface area contributed by atoms with E-state index in [4.69, 9.17) is 5.73 Å². The van der Waals surface area contributed by atoms with Gasteiger partial charge in [0.1, 0.15) is 0 Å². The molecule has 0 atom stereocenters. The monoisotopic (exact) mass is 239 g/mol. The standard InChI is InChI=1S/C16H17NO/c1-12(18)16-5-3-2-4-14(16)9-6-13-7-10-15(17)11-8-13/h2-5,7-8,10-11H,6,9,17H2,1H3. The minimum atomic E-state index is 0.128. The zero-order valence-electron chi connectivity index (χ0n) is 10.5. The number of hydrogen-bond acceptors (Lipinski definition) is 2. The van der Waals surface area contributed by atoms with Crippen molar-refractivity contribution in [3.8, 4) is 0 Å². The SMILES string of the molecule is CC(=O)c1ccccc1CCc1ccc(N)cc1. The molecule has 0 fully saturated rings. The molecule has 0 spiro atoms. The predicted octanol–water partition coefficient (Wildman–Crippen LogP) is 3.26. The van der Waals surface area contributed by atoms with E-state index in [1.807, 2.05) is 48.5 Å². The number of anilines is 1. The Kier molecular flexibility index (Phi) is 3.78. The molecule has 0 radical (unpaired) electrons. The van der Waals surface area contributed by atoms with Gasteiger partial charge in [-0.15, -0.1) is 0 Å². The first kappa shape index (κ1) is 12.4. The molecule has 18 heavy (non-hydrogen) atoms. The number of nitrogens with two attached hydrogens (primary N) is 1. The highest BCUT2D eigenvalue weighted by atomic mass is 16.1. The van der Waals surface area contributed by atoms with Gasteiger partial charge < -0.3 is 5.73 Å². The Morgan fingerprint density at radius 3 is 2.33 bits per heavy atom. The van der Waals surface area contributed by atoms with E-state index in [1.165, 1.54) is 5.56 Å². The predicted molar refractivity (Wildman–Crippen MR) is 74.7 cm³/mol. The minimum absolute atomic E-state index is 0.128. The number of rotatable bonds is 4. The van der Waals surface area contributed by atoms with E-state index in [2.05, 4.69) is 0 Å². The summed E-state index contributed by atoms with van der Waals surface area (Å²) in [7, 11) is 0. The van der Waals surface area contributed by atoms with Crippen LogP contribution in [0.15, 0.2) is 48.5 Å². The van der Waals surface area contributed by atoms with E-state index in [0.29, 0.717) is 0 Å². The Balaban J connectivity index is 2.10. The molecule has 2 nitrogen and oxygen atoms in total. The second-order valence-electron chi connectivity index (χ2n) is 4.45. The van der Waals surface area contributed by atoms with Crippen molar-refractivity contribution in [1.29, 1.82) is 0 Å². The van der Waals surface area contributed by atoms with Gasteiger partial charge >= 0.3 is 0 Å². The average molecular weight is 239 g/mol. The Morgan fingerprint density at radius 1 is 1.00 bits per heavy atom. The molecule has 0 bridgehead atoms. The number of benzene rings is 2. The van der Waals surface area contributed by atoms with Crippen LogP contribution in [0.5, 0.6) is 0 Å². The van der Waals surface area contributed by atoms with Crippen LogP contribution in [0.3, 0.4) is 0 Å². The summed E-state index contributed by atoms with van der Waals surface area (Å²) >= 11 is 0. The van der Waals surface area contributed by atoms with Gasteiger partial charge in [0.05, 0.1) is 0 Å². The number of carbonyl (C=O) groups is 1. The van der Waals surface area contributed by atoms with Gasteiger partial charge in [-0.1, -0.05) is 36.4 Å². The third-order valence-corrected chi connectivity index (χ3v) is 3.06. The van der Waals surface area contributed by atoms with Crippen molar-refractivity contribution in [1.82, 2.24) is 0 Å². The fourth-order valence-electron chi connectivity index (χ4n) is 2.05. The molecule has 2 aromatic rings. The molecule has 0 saturated carbocycles. The average Bonchev–Trinajstić information content (AvgIpc) is 2.38. The summed E-state index contributed by atoms with van der Waals surface area (Å²) in [6.07, 6.45) is 1.80. The molecule has 0 aromatic heterocycles. The molecule has 2 aromatic carbocycles. The van der Waals surface area contributed by atoms with Crippen LogP contribution in [0.25, 0.3) is 0 Å². The van der Waals surface area contributed by atoms with Crippen LogP contribution in [-0.2, 0) is 12.8 Å². The highest BCUT2D eigenvalue weighted by Crippen LogP contribution is 2.14. The van der Waals surface area contributed by atoms with Gasteiger partial charge in [-0.25, -0.2) is 0 Å². The molecule has 2 rings (SSSR count). The number of aryl methyl sites for hydroxylation is 2. The van der Waals surface area contributed by atoms with Crippen LogP contribution < -0.4 is 5.73 Å². The van der Waals surface area contributed by atoms with E-state index in [9.17, 15) is 4.79 Å². The Hall–Kier alpha value is -2.09.